The van der Waals surface area contributed by atoms with E-state index in [0.717, 1.165) is 5.56 Å². The van der Waals surface area contributed by atoms with Crippen LogP contribution in [0.25, 0.3) is 0 Å². The first-order valence-corrected chi connectivity index (χ1v) is 12.4. The molecule has 214 valence electrons. The van der Waals surface area contributed by atoms with Crippen LogP contribution in [0.15, 0.2) is 36.4 Å². The maximum Gasteiger partial charge on any atom is 0.338 e. The fourth-order valence-corrected chi connectivity index (χ4v) is 4.86. The minimum atomic E-state index is -1.81. The first kappa shape index (κ1) is 28.9. The lowest BCUT2D eigenvalue weighted by molar-refractivity contribution is -0.277. The smallest absolute Gasteiger partial charge is 0.338 e. The van der Waals surface area contributed by atoms with Gasteiger partial charge in [0.05, 0.1) is 34.5 Å². The molecule has 2 saturated heterocycles. The number of methoxy groups -OCH3 is 3. The van der Waals surface area contributed by atoms with E-state index in [2.05, 4.69) is 0 Å². The molecule has 2 fully saturated rings. The fourth-order valence-electron chi connectivity index (χ4n) is 4.86. The Hall–Kier alpha value is -3.13. The van der Waals surface area contributed by atoms with Gasteiger partial charge in [-0.3, -0.25) is 0 Å². The third-order valence-electron chi connectivity index (χ3n) is 7.17. The van der Waals surface area contributed by atoms with Gasteiger partial charge in [0, 0.05) is 12.3 Å². The Bertz CT molecular complexity index is 1150. The van der Waals surface area contributed by atoms with Crippen molar-refractivity contribution in [3.05, 3.63) is 47.5 Å². The van der Waals surface area contributed by atoms with Gasteiger partial charge >= 0.3 is 5.97 Å². The Labute approximate surface area is 225 Å². The highest BCUT2D eigenvalue weighted by Crippen LogP contribution is 2.38. The number of esters is 1. The SMILES string of the molecule is COc1ccc(C[C@H]2COC(=O)[C@]2(O)Cc2ccc(O[C@H]3O[C@H](CO)[C@@H](O)[C@H](O)[C@H]3O)c(OC)c2)cc1OC. The van der Waals surface area contributed by atoms with Crippen molar-refractivity contribution < 1.29 is 58.7 Å². The molecule has 2 aliphatic rings. The molecule has 0 aromatic heterocycles. The van der Waals surface area contributed by atoms with Crippen LogP contribution in [0, 0.1) is 5.92 Å². The van der Waals surface area contributed by atoms with Crippen LogP contribution in [0.4, 0.5) is 0 Å². The number of ether oxygens (including phenoxy) is 6. The summed E-state index contributed by atoms with van der Waals surface area (Å²) in [4.78, 5) is 12.7. The molecular formula is C27H34O12. The number of carbonyl (C=O) groups excluding carboxylic acids is 1. The minimum Gasteiger partial charge on any atom is -0.493 e. The van der Waals surface area contributed by atoms with Crippen LogP contribution < -0.4 is 18.9 Å². The summed E-state index contributed by atoms with van der Waals surface area (Å²) in [6.45, 7) is -0.556. The van der Waals surface area contributed by atoms with E-state index in [1.165, 1.54) is 27.4 Å². The van der Waals surface area contributed by atoms with Crippen LogP contribution in [0.2, 0.25) is 0 Å². The summed E-state index contributed by atoms with van der Waals surface area (Å²) in [5, 5.41) is 51.2. The van der Waals surface area contributed by atoms with E-state index < -0.39 is 54.8 Å². The lowest BCUT2D eigenvalue weighted by Crippen LogP contribution is -2.60. The molecule has 12 nitrogen and oxygen atoms in total. The van der Waals surface area contributed by atoms with E-state index >= 15 is 0 Å². The number of cyclic esters (lactones) is 1. The summed E-state index contributed by atoms with van der Waals surface area (Å²) in [6.07, 6.45) is -6.98. The molecule has 12 heteroatoms. The molecule has 2 heterocycles. The maximum atomic E-state index is 12.7. The average Bonchev–Trinajstić information content (AvgIpc) is 3.21. The molecule has 0 bridgehead atoms. The summed E-state index contributed by atoms with van der Waals surface area (Å²) < 4.78 is 32.4. The molecule has 7 atom stereocenters. The number of aliphatic hydroxyl groups is 5. The van der Waals surface area contributed by atoms with Crippen LogP contribution in [-0.2, 0) is 27.1 Å². The van der Waals surface area contributed by atoms with Gasteiger partial charge in [0.25, 0.3) is 0 Å². The Morgan fingerprint density at radius 2 is 1.49 bits per heavy atom. The average molecular weight is 551 g/mol. The summed E-state index contributed by atoms with van der Waals surface area (Å²) in [6, 6.07) is 10.1. The zero-order valence-corrected chi connectivity index (χ0v) is 21.9. The van der Waals surface area contributed by atoms with Gasteiger partial charge < -0.3 is 54.0 Å². The highest BCUT2D eigenvalue weighted by molar-refractivity contribution is 5.82. The van der Waals surface area contributed by atoms with Crippen molar-refractivity contribution in [2.45, 2.75) is 49.1 Å². The van der Waals surface area contributed by atoms with Gasteiger partial charge in [0.2, 0.25) is 6.29 Å². The summed E-state index contributed by atoms with van der Waals surface area (Å²) in [7, 11) is 4.45. The van der Waals surface area contributed by atoms with Crippen LogP contribution in [0.3, 0.4) is 0 Å². The van der Waals surface area contributed by atoms with Gasteiger partial charge in [-0.2, -0.15) is 0 Å². The first-order chi connectivity index (χ1) is 18.6. The van der Waals surface area contributed by atoms with E-state index in [1.807, 2.05) is 6.07 Å². The van der Waals surface area contributed by atoms with E-state index in [0.29, 0.717) is 23.5 Å². The van der Waals surface area contributed by atoms with Crippen LogP contribution in [-0.4, -0.2) is 102 Å². The zero-order valence-electron chi connectivity index (χ0n) is 21.9. The number of hydrogen-bond acceptors (Lipinski definition) is 12. The second-order valence-corrected chi connectivity index (χ2v) is 9.59. The topological polar surface area (TPSA) is 174 Å². The molecule has 0 aliphatic carbocycles. The van der Waals surface area contributed by atoms with Gasteiger partial charge in [-0.1, -0.05) is 12.1 Å². The van der Waals surface area contributed by atoms with Crippen molar-refractivity contribution in [3.63, 3.8) is 0 Å². The second kappa shape index (κ2) is 11.9. The minimum absolute atomic E-state index is 0.0408. The van der Waals surface area contributed by atoms with Crippen molar-refractivity contribution in [1.82, 2.24) is 0 Å². The fraction of sp³-hybridized carbons (Fsp3) is 0.519. The summed E-state index contributed by atoms with van der Waals surface area (Å²) in [5.41, 5.74) is -0.431. The molecule has 0 amide bonds. The second-order valence-electron chi connectivity index (χ2n) is 9.59. The van der Waals surface area contributed by atoms with Crippen LogP contribution in [0.5, 0.6) is 23.0 Å². The lowest BCUT2D eigenvalue weighted by atomic mass is 9.81. The number of aliphatic hydroxyl groups excluding tert-OH is 4. The monoisotopic (exact) mass is 550 g/mol. The molecular weight excluding hydrogens is 516 g/mol. The Morgan fingerprint density at radius 3 is 2.15 bits per heavy atom. The van der Waals surface area contributed by atoms with E-state index in [1.54, 1.807) is 24.3 Å². The molecule has 2 aromatic carbocycles. The number of carbonyl (C=O) groups is 1. The van der Waals surface area contributed by atoms with Gasteiger partial charge in [0.1, 0.15) is 24.4 Å². The van der Waals surface area contributed by atoms with Gasteiger partial charge in [-0.15, -0.1) is 0 Å². The van der Waals surface area contributed by atoms with Gasteiger partial charge in [-0.25, -0.2) is 4.79 Å². The molecule has 0 spiro atoms. The predicted molar refractivity (Wildman–Crippen MR) is 134 cm³/mol. The molecule has 0 saturated carbocycles. The largest absolute Gasteiger partial charge is 0.493 e. The van der Waals surface area contributed by atoms with E-state index in [4.69, 9.17) is 28.4 Å². The number of hydrogen-bond donors (Lipinski definition) is 5. The molecule has 2 aromatic rings. The summed E-state index contributed by atoms with van der Waals surface area (Å²) >= 11 is 0. The Morgan fingerprint density at radius 1 is 0.872 bits per heavy atom. The maximum absolute atomic E-state index is 12.7. The van der Waals surface area contributed by atoms with E-state index in [-0.39, 0.29) is 24.5 Å². The molecule has 4 rings (SSSR count). The first-order valence-electron chi connectivity index (χ1n) is 12.4. The molecule has 0 radical (unpaired) electrons. The summed E-state index contributed by atoms with van der Waals surface area (Å²) in [5.74, 6) is 0.161. The van der Waals surface area contributed by atoms with Crippen molar-refractivity contribution in [3.8, 4) is 23.0 Å². The van der Waals surface area contributed by atoms with Crippen molar-refractivity contribution in [1.29, 1.82) is 0 Å². The lowest BCUT2D eigenvalue weighted by Gasteiger charge is -2.39. The van der Waals surface area contributed by atoms with Gasteiger partial charge in [0.15, 0.2) is 28.6 Å². The van der Waals surface area contributed by atoms with Gasteiger partial charge in [-0.05, 0) is 41.8 Å². The quantitative estimate of drug-likeness (QED) is 0.242. The zero-order chi connectivity index (χ0) is 28.3. The third kappa shape index (κ3) is 5.76. The standard InChI is InChI=1S/C27H34O12/c1-34-17-6-4-14(9-19(17)35-2)8-16-13-37-26(32)27(16,33)11-15-5-7-18(20(10-15)36-3)38-25-24(31)23(30)22(29)21(12-28)39-25/h4-7,9-10,16,21-25,28-31,33H,8,11-13H2,1-3H3/t16-,21+,22+,23-,24+,25-,27-/m0/s1. The molecule has 0 unspecified atom stereocenters. The van der Waals surface area contributed by atoms with E-state index in [9.17, 15) is 30.3 Å². The highest BCUT2D eigenvalue weighted by Gasteiger charge is 2.51. The van der Waals surface area contributed by atoms with Crippen molar-refractivity contribution >= 4 is 5.97 Å². The Balaban J connectivity index is 1.52. The Kier molecular flexibility index (Phi) is 8.84. The third-order valence-corrected chi connectivity index (χ3v) is 7.17. The van der Waals surface area contributed by atoms with Crippen molar-refractivity contribution in [2.75, 3.05) is 34.5 Å². The molecule has 5 N–H and O–H groups in total. The predicted octanol–water partition coefficient (Wildman–Crippen LogP) is -0.420. The number of benzene rings is 2. The van der Waals surface area contributed by atoms with Crippen LogP contribution in [0.1, 0.15) is 11.1 Å². The van der Waals surface area contributed by atoms with Crippen molar-refractivity contribution in [2.24, 2.45) is 5.92 Å². The highest BCUT2D eigenvalue weighted by atomic mass is 16.7. The number of rotatable bonds is 10. The molecule has 39 heavy (non-hydrogen) atoms. The van der Waals surface area contributed by atoms with Crippen LogP contribution >= 0.6 is 0 Å². The molecule has 2 aliphatic heterocycles. The normalized spacial score (nSPS) is 30.5.